The number of hydrogen-bond donors (Lipinski definition) is 2. The lowest BCUT2D eigenvalue weighted by Gasteiger charge is -2.09. The third kappa shape index (κ3) is 4.87. The summed E-state index contributed by atoms with van der Waals surface area (Å²) in [5, 5.41) is 12.5. The van der Waals surface area contributed by atoms with Crippen LogP contribution in [0, 0.1) is 0 Å². The third-order valence-electron chi connectivity index (χ3n) is 2.28. The number of halogens is 2. The molecule has 0 bridgehead atoms. The molecule has 0 aromatic heterocycles. The van der Waals surface area contributed by atoms with Crippen LogP contribution < -0.4 is 5.32 Å². The first-order valence-corrected chi connectivity index (χ1v) is 6.35. The molecule has 0 aliphatic rings. The van der Waals surface area contributed by atoms with Crippen LogP contribution in [0.25, 0.3) is 0 Å². The van der Waals surface area contributed by atoms with Gasteiger partial charge in [-0.3, -0.25) is 4.79 Å². The maximum absolute atomic E-state index is 11.8. The molecule has 0 aliphatic carbocycles. The van der Waals surface area contributed by atoms with Crippen molar-refractivity contribution in [3.05, 3.63) is 27.7 Å². The van der Waals surface area contributed by atoms with Crippen molar-refractivity contribution in [3.63, 3.8) is 0 Å². The molecule has 0 saturated carbocycles. The van der Waals surface area contributed by atoms with E-state index in [-0.39, 0.29) is 21.4 Å². The van der Waals surface area contributed by atoms with Gasteiger partial charge in [-0.2, -0.15) is 0 Å². The number of methoxy groups -OCH3 is 1. The van der Waals surface area contributed by atoms with Gasteiger partial charge in [0.15, 0.2) is 0 Å². The zero-order chi connectivity index (χ0) is 14.3. The van der Waals surface area contributed by atoms with Gasteiger partial charge in [0.05, 0.1) is 30.4 Å². The quantitative estimate of drug-likeness (QED) is 0.757. The van der Waals surface area contributed by atoms with Gasteiger partial charge >= 0.3 is 0 Å². The fourth-order valence-electron chi connectivity index (χ4n) is 1.30. The van der Waals surface area contributed by atoms with Crippen molar-refractivity contribution in [2.75, 3.05) is 33.5 Å². The number of carbonyl (C=O) groups is 1. The zero-order valence-electron chi connectivity index (χ0n) is 10.4. The van der Waals surface area contributed by atoms with Crippen LogP contribution in [0.4, 0.5) is 0 Å². The summed E-state index contributed by atoms with van der Waals surface area (Å²) in [4.78, 5) is 11.8. The number of phenolic OH excluding ortho intramolecular Hbond substituents is 1. The Bertz CT molecular complexity index is 440. The van der Waals surface area contributed by atoms with Crippen LogP contribution in [0.2, 0.25) is 10.0 Å². The molecule has 0 fully saturated rings. The molecule has 106 valence electrons. The Labute approximate surface area is 121 Å². The van der Waals surface area contributed by atoms with Gasteiger partial charge in [0.2, 0.25) is 0 Å². The van der Waals surface area contributed by atoms with Crippen molar-refractivity contribution in [2.45, 2.75) is 0 Å². The molecule has 1 rings (SSSR count). The summed E-state index contributed by atoms with van der Waals surface area (Å²) in [6.07, 6.45) is 0. The first kappa shape index (κ1) is 16.0. The molecule has 5 nitrogen and oxygen atoms in total. The van der Waals surface area contributed by atoms with E-state index in [2.05, 4.69) is 5.32 Å². The molecular formula is C12H15Cl2NO4. The third-order valence-corrected chi connectivity index (χ3v) is 3.07. The van der Waals surface area contributed by atoms with E-state index in [0.29, 0.717) is 26.4 Å². The Morgan fingerprint density at radius 1 is 1.32 bits per heavy atom. The van der Waals surface area contributed by atoms with E-state index < -0.39 is 5.91 Å². The van der Waals surface area contributed by atoms with Crippen molar-refractivity contribution in [1.29, 1.82) is 0 Å². The lowest BCUT2D eigenvalue weighted by Crippen LogP contribution is -2.27. The van der Waals surface area contributed by atoms with Crippen LogP contribution >= 0.6 is 23.2 Å². The standard InChI is InChI=1S/C12H15Cl2NO4/c1-18-6-7-19-5-4-15-12(17)8-2-3-9(13)10(14)11(8)16/h2-3,16H,4-7H2,1H3,(H,15,17). The summed E-state index contributed by atoms with van der Waals surface area (Å²) in [7, 11) is 1.58. The van der Waals surface area contributed by atoms with Gasteiger partial charge in [-0.05, 0) is 12.1 Å². The highest BCUT2D eigenvalue weighted by Crippen LogP contribution is 2.33. The second-order valence-electron chi connectivity index (χ2n) is 3.62. The number of phenols is 1. The van der Waals surface area contributed by atoms with Crippen LogP contribution in [0.3, 0.4) is 0 Å². The first-order valence-electron chi connectivity index (χ1n) is 5.59. The molecule has 1 aromatic rings. The van der Waals surface area contributed by atoms with Gasteiger partial charge in [0.1, 0.15) is 10.8 Å². The fraction of sp³-hybridized carbons (Fsp3) is 0.417. The Hall–Kier alpha value is -1.01. The van der Waals surface area contributed by atoms with Crippen LogP contribution in [0.5, 0.6) is 5.75 Å². The Morgan fingerprint density at radius 2 is 2.05 bits per heavy atom. The topological polar surface area (TPSA) is 67.8 Å². The van der Waals surface area contributed by atoms with Gasteiger partial charge in [-0.15, -0.1) is 0 Å². The van der Waals surface area contributed by atoms with Crippen LogP contribution in [0.1, 0.15) is 10.4 Å². The number of hydrogen-bond acceptors (Lipinski definition) is 4. The number of aromatic hydroxyl groups is 1. The summed E-state index contributed by atoms with van der Waals surface area (Å²) in [5.41, 5.74) is 0.0753. The highest BCUT2D eigenvalue weighted by atomic mass is 35.5. The zero-order valence-corrected chi connectivity index (χ0v) is 11.9. The van der Waals surface area contributed by atoms with E-state index >= 15 is 0 Å². The van der Waals surface area contributed by atoms with E-state index in [0.717, 1.165) is 0 Å². The predicted molar refractivity (Wildman–Crippen MR) is 73.2 cm³/mol. The number of ether oxygens (including phenoxy) is 2. The molecule has 19 heavy (non-hydrogen) atoms. The molecule has 0 spiro atoms. The van der Waals surface area contributed by atoms with E-state index in [1.165, 1.54) is 12.1 Å². The maximum Gasteiger partial charge on any atom is 0.255 e. The smallest absolute Gasteiger partial charge is 0.255 e. The first-order chi connectivity index (χ1) is 9.07. The number of rotatable bonds is 7. The van der Waals surface area contributed by atoms with Crippen molar-refractivity contribution in [2.24, 2.45) is 0 Å². The summed E-state index contributed by atoms with van der Waals surface area (Å²) >= 11 is 11.5. The lowest BCUT2D eigenvalue weighted by molar-refractivity contribution is 0.0692. The summed E-state index contributed by atoms with van der Waals surface area (Å²) < 4.78 is 9.99. The number of benzene rings is 1. The SMILES string of the molecule is COCCOCCNC(=O)c1ccc(Cl)c(Cl)c1O. The summed E-state index contributed by atoms with van der Waals surface area (Å²) in [6.45, 7) is 1.64. The van der Waals surface area contributed by atoms with Gasteiger partial charge < -0.3 is 19.9 Å². The molecule has 0 atom stereocenters. The van der Waals surface area contributed by atoms with Gasteiger partial charge in [-0.1, -0.05) is 23.2 Å². The van der Waals surface area contributed by atoms with Gasteiger partial charge in [-0.25, -0.2) is 0 Å². The van der Waals surface area contributed by atoms with E-state index in [4.69, 9.17) is 32.7 Å². The van der Waals surface area contributed by atoms with E-state index in [1.54, 1.807) is 7.11 Å². The van der Waals surface area contributed by atoms with Crippen LogP contribution in [-0.2, 0) is 9.47 Å². The number of amides is 1. The Morgan fingerprint density at radius 3 is 2.74 bits per heavy atom. The Kier molecular flexibility index (Phi) is 6.94. The predicted octanol–water partition coefficient (Wildman–Crippen LogP) is 2.09. The summed E-state index contributed by atoms with van der Waals surface area (Å²) in [6, 6.07) is 2.86. The van der Waals surface area contributed by atoms with Crippen molar-refractivity contribution in [3.8, 4) is 5.75 Å². The molecule has 2 N–H and O–H groups in total. The molecule has 0 radical (unpaired) electrons. The molecular weight excluding hydrogens is 293 g/mol. The minimum Gasteiger partial charge on any atom is -0.505 e. The van der Waals surface area contributed by atoms with Crippen molar-refractivity contribution < 1.29 is 19.4 Å². The maximum atomic E-state index is 11.8. The average Bonchev–Trinajstić information content (AvgIpc) is 2.40. The normalized spacial score (nSPS) is 10.5. The molecule has 0 unspecified atom stereocenters. The molecule has 1 aromatic carbocycles. The molecule has 0 heterocycles. The van der Waals surface area contributed by atoms with Crippen LogP contribution in [0.15, 0.2) is 12.1 Å². The van der Waals surface area contributed by atoms with E-state index in [1.807, 2.05) is 0 Å². The summed E-state index contributed by atoms with van der Waals surface area (Å²) in [5.74, 6) is -0.765. The Balaban J connectivity index is 2.44. The fourth-order valence-corrected chi connectivity index (χ4v) is 1.62. The monoisotopic (exact) mass is 307 g/mol. The molecule has 0 saturated heterocycles. The number of carbonyl (C=O) groups excluding carboxylic acids is 1. The van der Waals surface area contributed by atoms with Gasteiger partial charge in [0, 0.05) is 13.7 Å². The van der Waals surface area contributed by atoms with E-state index in [9.17, 15) is 9.90 Å². The second kappa shape index (κ2) is 8.22. The second-order valence-corrected chi connectivity index (χ2v) is 4.40. The van der Waals surface area contributed by atoms with Gasteiger partial charge in [0.25, 0.3) is 5.91 Å². The minimum absolute atomic E-state index is 0.0364. The average molecular weight is 308 g/mol. The lowest BCUT2D eigenvalue weighted by atomic mass is 10.2. The van der Waals surface area contributed by atoms with Crippen molar-refractivity contribution >= 4 is 29.1 Å². The largest absolute Gasteiger partial charge is 0.505 e. The highest BCUT2D eigenvalue weighted by molar-refractivity contribution is 6.43. The molecule has 0 aliphatic heterocycles. The minimum atomic E-state index is -0.439. The molecule has 7 heteroatoms. The number of nitrogens with one attached hydrogen (secondary N) is 1. The van der Waals surface area contributed by atoms with Crippen molar-refractivity contribution in [1.82, 2.24) is 5.32 Å². The highest BCUT2D eigenvalue weighted by Gasteiger charge is 2.15. The molecule has 1 amide bonds. The van der Waals surface area contributed by atoms with Crippen LogP contribution in [-0.4, -0.2) is 44.5 Å².